The molecule has 2 saturated carbocycles. The van der Waals surface area contributed by atoms with Crippen LogP contribution >= 0.6 is 8.70 Å². The van der Waals surface area contributed by atoms with E-state index in [0.29, 0.717) is 29.0 Å². The van der Waals surface area contributed by atoms with E-state index in [1.807, 2.05) is 0 Å². The fraction of sp³-hybridized carbons (Fsp3) is 0.571. The number of nitrogens with one attached hydrogen (secondary N) is 2. The van der Waals surface area contributed by atoms with Crippen LogP contribution in [0.3, 0.4) is 0 Å². The molecular formula is C28H42N2P2Se4. The summed E-state index contributed by atoms with van der Waals surface area (Å²) in [6, 6.07) is 24.1. The molecule has 0 aromatic heterocycles. The molecule has 8 heteroatoms. The second kappa shape index (κ2) is 15.9. The van der Waals surface area contributed by atoms with Gasteiger partial charge in [-0.25, -0.2) is 0 Å². The molecule has 2 nitrogen and oxygen atoms in total. The van der Waals surface area contributed by atoms with E-state index in [2.05, 4.69) is 101 Å². The van der Waals surface area contributed by atoms with Gasteiger partial charge in [0.25, 0.3) is 0 Å². The van der Waals surface area contributed by atoms with Crippen LogP contribution in [-0.4, -0.2) is 71.3 Å². The number of hydrogen-bond acceptors (Lipinski definition) is 2. The number of unbranched alkanes of at least 4 members (excludes halogenated alkanes) is 1. The van der Waals surface area contributed by atoms with Crippen LogP contribution in [0.5, 0.6) is 0 Å². The standard InChI is InChI=1S/C28H42N2P2Se4/c33-31(27-19-9-3-10-20-27,29-25-15-5-1-6-16-25)35-23-13-14-24-36-32(34,28-21-11-4-12-22-28)30-26-17-7-2-8-18-26/h3-4,9-12,19-22,25-26H,1-2,5-8,13-18,23-24H2,(H,29,33)(H,30,34). The van der Waals surface area contributed by atoms with Gasteiger partial charge in [0.05, 0.1) is 0 Å². The van der Waals surface area contributed by atoms with Crippen LogP contribution in [0, 0.1) is 0 Å². The third kappa shape index (κ3) is 9.45. The van der Waals surface area contributed by atoms with E-state index in [1.165, 1.54) is 87.7 Å². The van der Waals surface area contributed by atoms with Crippen molar-refractivity contribution >= 4 is 78.5 Å². The Morgan fingerprint density at radius 3 is 1.31 bits per heavy atom. The molecule has 2 unspecified atom stereocenters. The fourth-order valence-corrected chi connectivity index (χ4v) is 29.5. The molecule has 2 aromatic carbocycles. The van der Waals surface area contributed by atoms with E-state index in [9.17, 15) is 0 Å². The zero-order valence-corrected chi connectivity index (χ0v) is 30.0. The Labute approximate surface area is 247 Å². The van der Waals surface area contributed by atoms with Crippen molar-refractivity contribution in [2.24, 2.45) is 0 Å². The average Bonchev–Trinajstić information content (AvgIpc) is 2.93. The molecule has 2 fully saturated rings. The Kier molecular flexibility index (Phi) is 13.4. The van der Waals surface area contributed by atoms with Crippen LogP contribution in [-0.2, 0) is 0 Å². The Morgan fingerprint density at radius 2 is 0.944 bits per heavy atom. The molecule has 0 heterocycles. The first-order valence-electron chi connectivity index (χ1n) is 13.7. The second-order valence-electron chi connectivity index (χ2n) is 10.1. The molecule has 0 amide bonds. The molecule has 4 rings (SSSR count). The van der Waals surface area contributed by atoms with Crippen molar-refractivity contribution < 1.29 is 0 Å². The monoisotopic (exact) mass is 788 g/mol. The van der Waals surface area contributed by atoms with E-state index in [4.69, 9.17) is 0 Å². The van der Waals surface area contributed by atoms with Gasteiger partial charge in [-0.2, -0.15) is 0 Å². The SMILES string of the molecule is [Se]=P(NC1CCCCC1)([Se]CCCC[Se]P(=[Se])(NC1CCCCC1)c1ccccc1)c1ccccc1. The molecule has 36 heavy (non-hydrogen) atoms. The van der Waals surface area contributed by atoms with Crippen LogP contribution in [0.4, 0.5) is 0 Å². The van der Waals surface area contributed by atoms with Crippen LogP contribution in [0.15, 0.2) is 60.7 Å². The molecule has 0 radical (unpaired) electrons. The number of benzene rings is 2. The Morgan fingerprint density at radius 1 is 0.583 bits per heavy atom. The zero-order chi connectivity index (χ0) is 25.1. The summed E-state index contributed by atoms with van der Waals surface area (Å²) in [4.78, 5) is 0. The molecule has 0 aliphatic heterocycles. The molecule has 2 aliphatic rings. The minimum atomic E-state index is -1.36. The Bertz CT molecular complexity index is 912. The summed E-state index contributed by atoms with van der Waals surface area (Å²) >= 11 is 8.75. The van der Waals surface area contributed by atoms with Crippen molar-refractivity contribution in [3.05, 3.63) is 60.7 Å². The van der Waals surface area contributed by atoms with Gasteiger partial charge in [-0.1, -0.05) is 0 Å². The summed E-state index contributed by atoms with van der Waals surface area (Å²) in [5.41, 5.74) is 0. The van der Waals surface area contributed by atoms with Crippen molar-refractivity contribution in [2.75, 3.05) is 0 Å². The number of hydrogen-bond donors (Lipinski definition) is 2. The van der Waals surface area contributed by atoms with Gasteiger partial charge in [-0.15, -0.1) is 0 Å². The van der Waals surface area contributed by atoms with Gasteiger partial charge in [-0.05, 0) is 0 Å². The molecule has 0 saturated heterocycles. The van der Waals surface area contributed by atoms with E-state index in [1.54, 1.807) is 10.6 Å². The van der Waals surface area contributed by atoms with Gasteiger partial charge in [-0.3, -0.25) is 0 Å². The molecule has 2 aromatic rings. The van der Waals surface area contributed by atoms with Crippen LogP contribution in [0.1, 0.15) is 77.0 Å². The molecule has 2 atom stereocenters. The molecule has 2 N–H and O–H groups in total. The van der Waals surface area contributed by atoms with Crippen molar-refractivity contribution in [3.8, 4) is 0 Å². The van der Waals surface area contributed by atoms with E-state index in [-0.39, 0.29) is 0 Å². The predicted molar refractivity (Wildman–Crippen MR) is 168 cm³/mol. The molecule has 0 bridgehead atoms. The van der Waals surface area contributed by atoms with E-state index >= 15 is 0 Å². The Balaban J connectivity index is 1.30. The fourth-order valence-electron chi connectivity index (χ4n) is 5.16. The first-order valence-corrected chi connectivity index (χ1v) is 28.6. The van der Waals surface area contributed by atoms with E-state index < -0.39 is 8.70 Å². The predicted octanol–water partition coefficient (Wildman–Crippen LogP) is 6.37. The Hall–Kier alpha value is 1.30. The van der Waals surface area contributed by atoms with Gasteiger partial charge >= 0.3 is 249 Å². The van der Waals surface area contributed by atoms with Crippen molar-refractivity contribution in [1.82, 2.24) is 10.2 Å². The summed E-state index contributed by atoms with van der Waals surface area (Å²) in [6.07, 6.45) is 16.6. The third-order valence-electron chi connectivity index (χ3n) is 7.19. The summed E-state index contributed by atoms with van der Waals surface area (Å²) in [6.45, 7) is 0. The average molecular weight is 784 g/mol. The van der Waals surface area contributed by atoms with Crippen LogP contribution in [0.2, 0.25) is 10.6 Å². The topological polar surface area (TPSA) is 24.1 Å². The summed E-state index contributed by atoms with van der Waals surface area (Å²) in [5.74, 6) is 0. The molecule has 198 valence electrons. The zero-order valence-electron chi connectivity index (χ0n) is 21.4. The summed E-state index contributed by atoms with van der Waals surface area (Å²) < 4.78 is -2.72. The molecule has 0 spiro atoms. The first-order chi connectivity index (χ1) is 17.6. The normalized spacial score (nSPS) is 21.0. The van der Waals surface area contributed by atoms with Gasteiger partial charge in [0.1, 0.15) is 0 Å². The van der Waals surface area contributed by atoms with Crippen LogP contribution in [0.25, 0.3) is 0 Å². The van der Waals surface area contributed by atoms with Gasteiger partial charge in [0.15, 0.2) is 0 Å². The number of rotatable bonds is 13. The molecule has 2 aliphatic carbocycles. The first kappa shape index (κ1) is 30.3. The summed E-state index contributed by atoms with van der Waals surface area (Å²) in [7, 11) is 0. The van der Waals surface area contributed by atoms with Crippen molar-refractivity contribution in [3.63, 3.8) is 0 Å². The maximum atomic E-state index is 4.21. The van der Waals surface area contributed by atoms with Crippen LogP contribution < -0.4 is 20.8 Å². The molecular weight excluding hydrogens is 742 g/mol. The second-order valence-corrected chi connectivity index (χ2v) is 40.1. The van der Waals surface area contributed by atoms with Gasteiger partial charge in [0.2, 0.25) is 0 Å². The summed E-state index contributed by atoms with van der Waals surface area (Å²) in [5, 5.41) is 14.3. The van der Waals surface area contributed by atoms with Crippen molar-refractivity contribution in [1.29, 1.82) is 0 Å². The minimum absolute atomic E-state index is 0.614. The maximum absolute atomic E-state index is 4.21. The third-order valence-corrected chi connectivity index (χ3v) is 34.6. The van der Waals surface area contributed by atoms with Gasteiger partial charge in [0, 0.05) is 0 Å². The van der Waals surface area contributed by atoms with Crippen molar-refractivity contribution in [2.45, 2.75) is 99.8 Å². The van der Waals surface area contributed by atoms with E-state index in [0.717, 1.165) is 12.1 Å². The van der Waals surface area contributed by atoms with Gasteiger partial charge < -0.3 is 0 Å². The quantitative estimate of drug-likeness (QED) is 0.140.